The molecule has 0 bridgehead atoms. The van der Waals surface area contributed by atoms with Crippen molar-refractivity contribution in [2.75, 3.05) is 18.4 Å². The summed E-state index contributed by atoms with van der Waals surface area (Å²) in [6, 6.07) is 5.85. The summed E-state index contributed by atoms with van der Waals surface area (Å²) in [5, 5.41) is 4.13. The first-order chi connectivity index (χ1) is 12.0. The molecule has 1 aliphatic rings. The predicted molar refractivity (Wildman–Crippen MR) is 102 cm³/mol. The van der Waals surface area contributed by atoms with Gasteiger partial charge in [-0.25, -0.2) is 4.98 Å². The van der Waals surface area contributed by atoms with E-state index in [0.29, 0.717) is 31.8 Å². The van der Waals surface area contributed by atoms with E-state index in [1.165, 1.54) is 6.08 Å². The molecule has 6 heteroatoms. The first-order valence-electron chi connectivity index (χ1n) is 8.60. The molecule has 1 saturated heterocycles. The van der Waals surface area contributed by atoms with E-state index in [9.17, 15) is 9.59 Å². The molecule has 0 radical (unpaired) electrons. The number of fused-ring (bicyclic) bond motifs is 1. The van der Waals surface area contributed by atoms with Crippen LogP contribution in [0.5, 0.6) is 0 Å². The number of rotatable bonds is 4. The van der Waals surface area contributed by atoms with Crippen LogP contribution in [0.3, 0.4) is 0 Å². The highest BCUT2D eigenvalue weighted by Gasteiger charge is 2.26. The fourth-order valence-corrected chi connectivity index (χ4v) is 4.01. The van der Waals surface area contributed by atoms with Crippen LogP contribution in [0.15, 0.2) is 30.9 Å². The van der Waals surface area contributed by atoms with Crippen molar-refractivity contribution in [2.45, 2.75) is 32.6 Å². The maximum atomic E-state index is 12.5. The fourth-order valence-electron chi connectivity index (χ4n) is 3.00. The lowest BCUT2D eigenvalue weighted by molar-refractivity contribution is -0.130. The second-order valence-corrected chi connectivity index (χ2v) is 7.74. The predicted octanol–water partition coefficient (Wildman–Crippen LogP) is 3.78. The molecule has 5 nitrogen and oxygen atoms in total. The third-order valence-electron chi connectivity index (χ3n) is 4.52. The highest BCUT2D eigenvalue weighted by atomic mass is 32.1. The Morgan fingerprint density at radius 3 is 2.72 bits per heavy atom. The van der Waals surface area contributed by atoms with Gasteiger partial charge in [-0.3, -0.25) is 9.59 Å². The van der Waals surface area contributed by atoms with Gasteiger partial charge in [-0.1, -0.05) is 20.4 Å². The van der Waals surface area contributed by atoms with Crippen LogP contribution in [0.2, 0.25) is 0 Å². The number of nitrogens with one attached hydrogen (secondary N) is 1. The van der Waals surface area contributed by atoms with E-state index in [1.54, 1.807) is 16.2 Å². The molecule has 3 rings (SSSR count). The third kappa shape index (κ3) is 3.90. The molecule has 0 unspecified atom stereocenters. The normalized spacial score (nSPS) is 15.6. The molecule has 1 N–H and O–H groups in total. The van der Waals surface area contributed by atoms with Crippen molar-refractivity contribution in [3.05, 3.63) is 35.9 Å². The molecule has 0 spiro atoms. The maximum absolute atomic E-state index is 12.5. The summed E-state index contributed by atoms with van der Waals surface area (Å²) in [5.41, 5.74) is 1.78. The van der Waals surface area contributed by atoms with Crippen LogP contribution in [0.4, 0.5) is 5.69 Å². The molecule has 0 atom stereocenters. The van der Waals surface area contributed by atoms with Crippen LogP contribution in [0.1, 0.15) is 37.6 Å². The number of hydrogen-bond donors (Lipinski definition) is 1. The fraction of sp³-hybridized carbons (Fsp3) is 0.421. The van der Waals surface area contributed by atoms with Crippen molar-refractivity contribution >= 4 is 39.1 Å². The van der Waals surface area contributed by atoms with Crippen LogP contribution in [0.25, 0.3) is 10.2 Å². The lowest BCUT2D eigenvalue weighted by Gasteiger charge is -2.30. The van der Waals surface area contributed by atoms with Gasteiger partial charge < -0.3 is 10.2 Å². The molecule has 1 aromatic heterocycles. The van der Waals surface area contributed by atoms with Gasteiger partial charge in [0, 0.05) is 30.6 Å². The topological polar surface area (TPSA) is 62.3 Å². The lowest BCUT2D eigenvalue weighted by Crippen LogP contribution is -2.40. The van der Waals surface area contributed by atoms with E-state index in [1.807, 2.05) is 18.2 Å². The number of carbonyl (C=O) groups excluding carboxylic acids is 2. The average Bonchev–Trinajstić information content (AvgIpc) is 3.05. The molecule has 0 saturated carbocycles. The second-order valence-electron chi connectivity index (χ2n) is 6.68. The van der Waals surface area contributed by atoms with Crippen LogP contribution >= 0.6 is 11.3 Å². The summed E-state index contributed by atoms with van der Waals surface area (Å²) in [6.07, 6.45) is 2.70. The molecular weight excluding hydrogens is 334 g/mol. The monoisotopic (exact) mass is 357 g/mol. The summed E-state index contributed by atoms with van der Waals surface area (Å²) < 4.78 is 1.09. The average molecular weight is 357 g/mol. The number of carbonyl (C=O) groups is 2. The summed E-state index contributed by atoms with van der Waals surface area (Å²) in [5.74, 6) is 0.310. The van der Waals surface area contributed by atoms with Gasteiger partial charge in [0.25, 0.3) is 0 Å². The van der Waals surface area contributed by atoms with Crippen LogP contribution < -0.4 is 5.32 Å². The number of nitrogens with zero attached hydrogens (tertiary/aromatic N) is 2. The number of likely N-dealkylation sites (tertiary alicyclic amines) is 1. The number of piperidine rings is 1. The van der Waals surface area contributed by atoms with Gasteiger partial charge in [-0.2, -0.15) is 0 Å². The Labute approximate surface area is 151 Å². The SMILES string of the molecule is C=CC(=O)N1CCC(C(=O)Nc2ccc3nc(C(C)C)sc3c2)CC1. The standard InChI is InChI=1S/C19H23N3O2S/c1-4-17(23)22-9-7-13(8-10-22)18(24)20-14-5-6-15-16(11-14)25-19(21-15)12(2)3/h4-6,11-13H,1,7-10H2,2-3H3,(H,20,24). The van der Waals surface area contributed by atoms with Crippen LogP contribution in [-0.2, 0) is 9.59 Å². The molecule has 25 heavy (non-hydrogen) atoms. The molecule has 1 aromatic carbocycles. The van der Waals surface area contributed by atoms with E-state index in [2.05, 4.69) is 30.7 Å². The van der Waals surface area contributed by atoms with Gasteiger partial charge in [0.05, 0.1) is 15.2 Å². The highest BCUT2D eigenvalue weighted by Crippen LogP contribution is 2.29. The minimum atomic E-state index is -0.0598. The van der Waals surface area contributed by atoms with E-state index in [-0.39, 0.29) is 17.7 Å². The van der Waals surface area contributed by atoms with Crippen LogP contribution in [-0.4, -0.2) is 34.8 Å². The molecular formula is C19H23N3O2S. The third-order valence-corrected chi connectivity index (χ3v) is 5.84. The van der Waals surface area contributed by atoms with Gasteiger partial charge in [-0.15, -0.1) is 11.3 Å². The van der Waals surface area contributed by atoms with E-state index < -0.39 is 0 Å². The van der Waals surface area contributed by atoms with Gasteiger partial charge in [0.15, 0.2) is 0 Å². The van der Waals surface area contributed by atoms with E-state index in [4.69, 9.17) is 0 Å². The minimum absolute atomic E-state index is 0.0265. The van der Waals surface area contributed by atoms with Gasteiger partial charge in [-0.05, 0) is 37.1 Å². The number of amides is 2. The van der Waals surface area contributed by atoms with Gasteiger partial charge in [0.1, 0.15) is 0 Å². The Balaban J connectivity index is 1.64. The molecule has 132 valence electrons. The Hall–Kier alpha value is -2.21. The summed E-state index contributed by atoms with van der Waals surface area (Å²) in [4.78, 5) is 30.5. The molecule has 2 aromatic rings. The van der Waals surface area contributed by atoms with E-state index in [0.717, 1.165) is 20.9 Å². The van der Waals surface area contributed by atoms with Crippen molar-refractivity contribution < 1.29 is 9.59 Å². The van der Waals surface area contributed by atoms with Gasteiger partial charge >= 0.3 is 0 Å². The summed E-state index contributed by atoms with van der Waals surface area (Å²) >= 11 is 1.67. The zero-order chi connectivity index (χ0) is 18.0. The first kappa shape index (κ1) is 17.6. The molecule has 2 amide bonds. The molecule has 0 aliphatic carbocycles. The van der Waals surface area contributed by atoms with Crippen LogP contribution in [0, 0.1) is 5.92 Å². The smallest absolute Gasteiger partial charge is 0.245 e. The molecule has 2 heterocycles. The number of aromatic nitrogens is 1. The molecule has 1 fully saturated rings. The van der Waals surface area contributed by atoms with Gasteiger partial charge in [0.2, 0.25) is 11.8 Å². The number of thiazole rings is 1. The zero-order valence-corrected chi connectivity index (χ0v) is 15.4. The zero-order valence-electron chi connectivity index (χ0n) is 14.6. The van der Waals surface area contributed by atoms with Crippen molar-refractivity contribution in [1.82, 2.24) is 9.88 Å². The number of benzene rings is 1. The number of hydrogen-bond acceptors (Lipinski definition) is 4. The highest BCUT2D eigenvalue weighted by molar-refractivity contribution is 7.18. The van der Waals surface area contributed by atoms with Crippen molar-refractivity contribution in [3.8, 4) is 0 Å². The lowest BCUT2D eigenvalue weighted by atomic mass is 9.95. The quantitative estimate of drug-likeness (QED) is 0.847. The second kappa shape index (κ2) is 7.35. The Bertz CT molecular complexity index is 804. The number of anilines is 1. The summed E-state index contributed by atoms with van der Waals surface area (Å²) in [7, 11) is 0. The van der Waals surface area contributed by atoms with Crippen molar-refractivity contribution in [1.29, 1.82) is 0 Å². The maximum Gasteiger partial charge on any atom is 0.245 e. The largest absolute Gasteiger partial charge is 0.339 e. The van der Waals surface area contributed by atoms with Crippen molar-refractivity contribution in [3.63, 3.8) is 0 Å². The summed E-state index contributed by atoms with van der Waals surface area (Å²) in [6.45, 7) is 8.98. The Morgan fingerprint density at radius 2 is 2.08 bits per heavy atom. The Kier molecular flexibility index (Phi) is 5.18. The minimum Gasteiger partial charge on any atom is -0.339 e. The molecule has 1 aliphatic heterocycles. The van der Waals surface area contributed by atoms with E-state index >= 15 is 0 Å². The first-order valence-corrected chi connectivity index (χ1v) is 9.42. The Morgan fingerprint density at radius 1 is 1.36 bits per heavy atom. The van der Waals surface area contributed by atoms with Crippen molar-refractivity contribution in [2.24, 2.45) is 5.92 Å².